The summed E-state index contributed by atoms with van der Waals surface area (Å²) in [6, 6.07) is 23.2. The van der Waals surface area contributed by atoms with Gasteiger partial charge in [-0.1, -0.05) is 60.2 Å². The Morgan fingerprint density at radius 3 is 2.57 bits per heavy atom. The third-order valence-electron chi connectivity index (χ3n) is 7.23. The van der Waals surface area contributed by atoms with Crippen molar-refractivity contribution in [2.45, 2.75) is 32.0 Å². The Labute approximate surface area is 204 Å². The quantitative estimate of drug-likeness (QED) is 0.487. The lowest BCUT2D eigenvalue weighted by molar-refractivity contribution is -0.159. The van der Waals surface area contributed by atoms with Gasteiger partial charge in [0, 0.05) is 29.6 Å². The number of para-hydroxylation sites is 1. The Bertz CT molecular complexity index is 1440. The fourth-order valence-electron chi connectivity index (χ4n) is 5.60. The molecule has 176 valence electrons. The highest BCUT2D eigenvalue weighted by molar-refractivity contribution is 5.97. The molecule has 0 bridgehead atoms. The zero-order chi connectivity index (χ0) is 24.1. The Kier molecular flexibility index (Phi) is 5.10. The van der Waals surface area contributed by atoms with E-state index in [2.05, 4.69) is 42.2 Å². The van der Waals surface area contributed by atoms with Gasteiger partial charge in [-0.3, -0.25) is 9.59 Å². The van der Waals surface area contributed by atoms with Gasteiger partial charge in [0.25, 0.3) is 0 Å². The highest BCUT2D eigenvalue weighted by Gasteiger charge is 2.48. The van der Waals surface area contributed by atoms with Gasteiger partial charge in [0.05, 0.1) is 13.2 Å². The summed E-state index contributed by atoms with van der Waals surface area (Å²) in [5.41, 5.74) is 6.29. The van der Waals surface area contributed by atoms with Crippen LogP contribution in [0, 0.1) is 6.92 Å². The van der Waals surface area contributed by atoms with Crippen LogP contribution in [0.1, 0.15) is 34.0 Å². The number of hydrogen-bond donors (Lipinski definition) is 1. The molecule has 1 aromatic heterocycles. The van der Waals surface area contributed by atoms with Crippen LogP contribution in [-0.2, 0) is 22.6 Å². The number of aryl methyl sites for hydroxylation is 1. The summed E-state index contributed by atoms with van der Waals surface area (Å²) in [6.45, 7) is 2.52. The van der Waals surface area contributed by atoms with Gasteiger partial charge in [-0.15, -0.1) is 0 Å². The van der Waals surface area contributed by atoms with Gasteiger partial charge in [0.1, 0.15) is 18.3 Å². The average molecular weight is 466 g/mol. The van der Waals surface area contributed by atoms with Crippen LogP contribution in [0.25, 0.3) is 10.9 Å². The number of aromatic nitrogens is 1. The molecule has 3 heterocycles. The van der Waals surface area contributed by atoms with E-state index in [0.717, 1.165) is 44.6 Å². The van der Waals surface area contributed by atoms with E-state index in [0.29, 0.717) is 13.0 Å². The van der Waals surface area contributed by atoms with Gasteiger partial charge in [-0.2, -0.15) is 0 Å². The molecular formula is C29H27N3O3. The van der Waals surface area contributed by atoms with Crippen molar-refractivity contribution in [3.05, 3.63) is 101 Å². The number of nitrogens with one attached hydrogen (secondary N) is 1. The molecule has 0 radical (unpaired) electrons. The molecule has 6 heteroatoms. The number of carbonyl (C=O) groups is 2. The number of amides is 2. The van der Waals surface area contributed by atoms with E-state index in [1.807, 2.05) is 47.4 Å². The molecule has 3 aromatic carbocycles. The molecule has 6 nitrogen and oxygen atoms in total. The van der Waals surface area contributed by atoms with E-state index in [9.17, 15) is 9.59 Å². The average Bonchev–Trinajstić information content (AvgIpc) is 3.24. The summed E-state index contributed by atoms with van der Waals surface area (Å²) >= 11 is 0. The first-order valence-corrected chi connectivity index (χ1v) is 11.9. The molecule has 2 aliphatic rings. The molecule has 2 amide bonds. The van der Waals surface area contributed by atoms with E-state index < -0.39 is 6.04 Å². The number of methoxy groups -OCH3 is 1. The first-order chi connectivity index (χ1) is 17.0. The number of H-pyrrole nitrogens is 1. The SMILES string of the molecule is COc1ccc(CN2CC(=O)N3C(c4cccc(C)c4)c4[nH]c5ccccc5c4C[C@H]3C2=O)cc1. The summed E-state index contributed by atoms with van der Waals surface area (Å²) < 4.78 is 5.25. The summed E-state index contributed by atoms with van der Waals surface area (Å²) in [4.78, 5) is 34.6. The number of rotatable bonds is 4. The van der Waals surface area contributed by atoms with Gasteiger partial charge >= 0.3 is 0 Å². The van der Waals surface area contributed by atoms with E-state index in [-0.39, 0.29) is 24.4 Å². The van der Waals surface area contributed by atoms with E-state index in [1.54, 1.807) is 12.0 Å². The van der Waals surface area contributed by atoms with E-state index in [1.165, 1.54) is 0 Å². The Hall–Kier alpha value is -4.06. The smallest absolute Gasteiger partial charge is 0.246 e. The highest BCUT2D eigenvalue weighted by atomic mass is 16.5. The summed E-state index contributed by atoms with van der Waals surface area (Å²) in [6.07, 6.45) is 0.505. The van der Waals surface area contributed by atoms with Crippen LogP contribution in [0.2, 0.25) is 0 Å². The highest BCUT2D eigenvalue weighted by Crippen LogP contribution is 2.42. The zero-order valence-corrected chi connectivity index (χ0v) is 19.8. The van der Waals surface area contributed by atoms with Crippen LogP contribution >= 0.6 is 0 Å². The molecule has 0 aliphatic carbocycles. The third kappa shape index (κ3) is 3.57. The number of carbonyl (C=O) groups excluding carboxylic acids is 2. The molecule has 2 aliphatic heterocycles. The van der Waals surface area contributed by atoms with Crippen LogP contribution in [0.3, 0.4) is 0 Å². The lowest BCUT2D eigenvalue weighted by Crippen LogP contribution is -2.62. The molecule has 35 heavy (non-hydrogen) atoms. The normalized spacial score (nSPS) is 19.6. The van der Waals surface area contributed by atoms with Crippen LogP contribution in [0.15, 0.2) is 72.8 Å². The molecule has 2 atom stereocenters. The van der Waals surface area contributed by atoms with Crippen molar-refractivity contribution in [2.24, 2.45) is 0 Å². The Morgan fingerprint density at radius 2 is 1.80 bits per heavy atom. The van der Waals surface area contributed by atoms with E-state index >= 15 is 0 Å². The van der Waals surface area contributed by atoms with Crippen molar-refractivity contribution in [1.82, 2.24) is 14.8 Å². The van der Waals surface area contributed by atoms with Gasteiger partial charge in [0.15, 0.2) is 0 Å². The van der Waals surface area contributed by atoms with Gasteiger partial charge < -0.3 is 19.5 Å². The van der Waals surface area contributed by atoms with Crippen molar-refractivity contribution >= 4 is 22.7 Å². The lowest BCUT2D eigenvalue weighted by atomic mass is 9.86. The number of aromatic amines is 1. The van der Waals surface area contributed by atoms with Crippen molar-refractivity contribution < 1.29 is 14.3 Å². The zero-order valence-electron chi connectivity index (χ0n) is 19.8. The fraction of sp³-hybridized carbons (Fsp3) is 0.241. The summed E-state index contributed by atoms with van der Waals surface area (Å²) in [5.74, 6) is 0.731. The lowest BCUT2D eigenvalue weighted by Gasteiger charge is -2.47. The van der Waals surface area contributed by atoms with Crippen molar-refractivity contribution in [2.75, 3.05) is 13.7 Å². The standard InChI is InChI=1S/C29H27N3O3/c1-18-6-5-7-20(14-18)28-27-23(22-8-3-4-9-24(22)30-27)15-25-29(34)31(17-26(33)32(25)28)16-19-10-12-21(35-2)13-11-19/h3-14,25,28,30H,15-17H2,1-2H3/t25-,28?/m0/s1. The van der Waals surface area contributed by atoms with Crippen molar-refractivity contribution in [3.8, 4) is 5.75 Å². The predicted octanol–water partition coefficient (Wildman–Crippen LogP) is 4.37. The maximum absolute atomic E-state index is 13.8. The number of benzene rings is 3. The fourth-order valence-corrected chi connectivity index (χ4v) is 5.60. The number of ether oxygens (including phenoxy) is 1. The van der Waals surface area contributed by atoms with Gasteiger partial charge in [-0.05, 0) is 41.8 Å². The Balaban J connectivity index is 1.42. The number of fused-ring (bicyclic) bond motifs is 4. The largest absolute Gasteiger partial charge is 0.497 e. The second kappa shape index (κ2) is 8.31. The molecule has 1 fully saturated rings. The first kappa shape index (κ1) is 21.5. The number of piperazine rings is 1. The first-order valence-electron chi connectivity index (χ1n) is 11.9. The maximum Gasteiger partial charge on any atom is 0.246 e. The summed E-state index contributed by atoms with van der Waals surface area (Å²) in [5, 5.41) is 1.12. The molecule has 6 rings (SSSR count). The van der Waals surface area contributed by atoms with Gasteiger partial charge in [0.2, 0.25) is 11.8 Å². The molecule has 1 saturated heterocycles. The number of hydrogen-bond acceptors (Lipinski definition) is 3. The molecule has 0 spiro atoms. The third-order valence-corrected chi connectivity index (χ3v) is 7.23. The number of nitrogens with zero attached hydrogens (tertiary/aromatic N) is 2. The topological polar surface area (TPSA) is 65.6 Å². The van der Waals surface area contributed by atoms with Crippen LogP contribution in [-0.4, -0.2) is 46.3 Å². The van der Waals surface area contributed by atoms with Crippen molar-refractivity contribution in [1.29, 1.82) is 0 Å². The van der Waals surface area contributed by atoms with Crippen LogP contribution in [0.5, 0.6) is 5.75 Å². The Morgan fingerprint density at radius 1 is 1.00 bits per heavy atom. The molecule has 4 aromatic rings. The minimum Gasteiger partial charge on any atom is -0.497 e. The van der Waals surface area contributed by atoms with Gasteiger partial charge in [-0.25, -0.2) is 0 Å². The summed E-state index contributed by atoms with van der Waals surface area (Å²) in [7, 11) is 1.63. The van der Waals surface area contributed by atoms with Crippen LogP contribution < -0.4 is 4.74 Å². The monoisotopic (exact) mass is 465 g/mol. The second-order valence-electron chi connectivity index (χ2n) is 9.44. The minimum atomic E-state index is -0.535. The molecule has 1 N–H and O–H groups in total. The minimum absolute atomic E-state index is 0.00555. The maximum atomic E-state index is 13.8. The second-order valence-corrected chi connectivity index (χ2v) is 9.44. The molecule has 0 saturated carbocycles. The van der Waals surface area contributed by atoms with Crippen molar-refractivity contribution in [3.63, 3.8) is 0 Å². The van der Waals surface area contributed by atoms with Crippen LogP contribution in [0.4, 0.5) is 0 Å². The molecular weight excluding hydrogens is 438 g/mol. The molecule has 1 unspecified atom stereocenters. The van der Waals surface area contributed by atoms with E-state index in [4.69, 9.17) is 4.74 Å². The predicted molar refractivity (Wildman–Crippen MR) is 134 cm³/mol.